The molecule has 1 fully saturated rings. The van der Waals surface area contributed by atoms with Gasteiger partial charge in [-0.15, -0.1) is 0 Å². The van der Waals surface area contributed by atoms with Gasteiger partial charge in [0.05, 0.1) is 13.2 Å². The van der Waals surface area contributed by atoms with Crippen molar-refractivity contribution in [1.29, 1.82) is 0 Å². The summed E-state index contributed by atoms with van der Waals surface area (Å²) >= 11 is 0. The molecule has 1 aliphatic heterocycles. The summed E-state index contributed by atoms with van der Waals surface area (Å²) in [5.41, 5.74) is 3.18. The van der Waals surface area contributed by atoms with E-state index in [1.54, 1.807) is 31.1 Å². The second kappa shape index (κ2) is 8.79. The van der Waals surface area contributed by atoms with Crippen molar-refractivity contribution in [2.75, 3.05) is 19.0 Å². The van der Waals surface area contributed by atoms with Gasteiger partial charge in [-0.3, -0.25) is 0 Å². The minimum atomic E-state index is -0.332. The monoisotopic (exact) mass is 422 g/mol. The Kier molecular flexibility index (Phi) is 5.93. The fraction of sp³-hybridized carbons (Fsp3) is 0.333. The number of anilines is 1. The average molecular weight is 423 g/mol. The number of nitrogens with zero attached hydrogens (tertiary/aromatic N) is 3. The highest BCUT2D eigenvalue weighted by molar-refractivity contribution is 5.89. The van der Waals surface area contributed by atoms with Crippen LogP contribution in [-0.4, -0.2) is 34.1 Å². The number of imidazole rings is 1. The molecule has 0 aliphatic carbocycles. The van der Waals surface area contributed by atoms with Gasteiger partial charge in [0.15, 0.2) is 0 Å². The molecule has 6 nitrogen and oxygen atoms in total. The van der Waals surface area contributed by atoms with Crippen LogP contribution in [0.2, 0.25) is 0 Å². The lowest BCUT2D eigenvalue weighted by atomic mass is 10.1. The van der Waals surface area contributed by atoms with Crippen LogP contribution in [0, 0.1) is 19.7 Å². The highest BCUT2D eigenvalue weighted by Crippen LogP contribution is 2.33. The van der Waals surface area contributed by atoms with Crippen molar-refractivity contribution in [1.82, 2.24) is 14.5 Å². The van der Waals surface area contributed by atoms with Crippen molar-refractivity contribution in [3.8, 4) is 5.75 Å². The molecular weight excluding hydrogens is 395 g/mol. The topological polar surface area (TPSA) is 59.4 Å². The van der Waals surface area contributed by atoms with E-state index >= 15 is 0 Å². The standard InChI is InChI=1S/C24H27FN4O2/c1-16-6-9-19(13-21(16)25)27-24(30)28-12-4-5-22(28)23-26-14-17(2)29(23)15-18-7-10-20(31-3)11-8-18/h6-11,13-14,22H,4-5,12,15H2,1-3H3,(H,27,30). The molecule has 31 heavy (non-hydrogen) atoms. The van der Waals surface area contributed by atoms with E-state index < -0.39 is 0 Å². The number of methoxy groups -OCH3 is 1. The Labute approximate surface area is 181 Å². The fourth-order valence-corrected chi connectivity index (χ4v) is 4.01. The zero-order chi connectivity index (χ0) is 22.0. The lowest BCUT2D eigenvalue weighted by Crippen LogP contribution is -2.35. The van der Waals surface area contributed by atoms with Crippen LogP contribution in [0.5, 0.6) is 5.75 Å². The number of ether oxygens (including phenoxy) is 1. The van der Waals surface area contributed by atoms with E-state index in [4.69, 9.17) is 4.74 Å². The number of aromatic nitrogens is 2. The van der Waals surface area contributed by atoms with Gasteiger partial charge in [0.1, 0.15) is 17.4 Å². The molecule has 4 rings (SSSR count). The largest absolute Gasteiger partial charge is 0.497 e. The van der Waals surface area contributed by atoms with Crippen molar-refractivity contribution in [2.45, 2.75) is 39.3 Å². The predicted molar refractivity (Wildman–Crippen MR) is 118 cm³/mol. The Hall–Kier alpha value is -3.35. The number of amides is 2. The van der Waals surface area contributed by atoms with Gasteiger partial charge in [-0.1, -0.05) is 18.2 Å². The molecular formula is C24H27FN4O2. The van der Waals surface area contributed by atoms with E-state index in [0.29, 0.717) is 24.3 Å². The average Bonchev–Trinajstić information content (AvgIpc) is 3.38. The number of hydrogen-bond acceptors (Lipinski definition) is 3. The quantitative estimate of drug-likeness (QED) is 0.625. The van der Waals surface area contributed by atoms with E-state index in [1.165, 1.54) is 6.07 Å². The summed E-state index contributed by atoms with van der Waals surface area (Å²) in [6.07, 6.45) is 3.59. The summed E-state index contributed by atoms with van der Waals surface area (Å²) in [5.74, 6) is 1.36. The van der Waals surface area contributed by atoms with Gasteiger partial charge in [-0.2, -0.15) is 0 Å². The Bertz CT molecular complexity index is 1080. The SMILES string of the molecule is COc1ccc(Cn2c(C)cnc2C2CCCN2C(=O)Nc2ccc(C)c(F)c2)cc1. The van der Waals surface area contributed by atoms with Gasteiger partial charge in [0, 0.05) is 30.7 Å². The zero-order valence-corrected chi connectivity index (χ0v) is 18.1. The number of urea groups is 1. The third kappa shape index (κ3) is 4.40. The molecule has 3 aromatic rings. The normalized spacial score (nSPS) is 15.9. The van der Waals surface area contributed by atoms with Gasteiger partial charge >= 0.3 is 6.03 Å². The Balaban J connectivity index is 1.54. The number of nitrogens with one attached hydrogen (secondary N) is 1. The molecule has 2 aromatic carbocycles. The highest BCUT2D eigenvalue weighted by atomic mass is 19.1. The number of likely N-dealkylation sites (tertiary alicyclic amines) is 1. The number of carbonyl (C=O) groups is 1. The molecule has 0 radical (unpaired) electrons. The van der Waals surface area contributed by atoms with Crippen LogP contribution in [0.15, 0.2) is 48.7 Å². The first-order chi connectivity index (χ1) is 15.0. The van der Waals surface area contributed by atoms with E-state index in [-0.39, 0.29) is 17.9 Å². The molecule has 7 heteroatoms. The molecule has 1 N–H and O–H groups in total. The molecule has 162 valence electrons. The van der Waals surface area contributed by atoms with Crippen LogP contribution in [0.4, 0.5) is 14.9 Å². The minimum Gasteiger partial charge on any atom is -0.497 e. The molecule has 1 unspecified atom stereocenters. The molecule has 1 atom stereocenters. The minimum absolute atomic E-state index is 0.123. The second-order valence-corrected chi connectivity index (χ2v) is 7.94. The molecule has 0 bridgehead atoms. The van der Waals surface area contributed by atoms with Crippen molar-refractivity contribution < 1.29 is 13.9 Å². The highest BCUT2D eigenvalue weighted by Gasteiger charge is 2.33. The third-order valence-electron chi connectivity index (χ3n) is 5.82. The Morgan fingerprint density at radius 2 is 2.00 bits per heavy atom. The summed E-state index contributed by atoms with van der Waals surface area (Å²) in [6.45, 7) is 5.02. The first-order valence-electron chi connectivity index (χ1n) is 10.4. The van der Waals surface area contributed by atoms with E-state index in [1.807, 2.05) is 37.4 Å². The van der Waals surface area contributed by atoms with Crippen LogP contribution >= 0.6 is 0 Å². The number of aryl methyl sites for hydroxylation is 2. The number of rotatable bonds is 5. The molecule has 2 amide bonds. The van der Waals surface area contributed by atoms with Gasteiger partial charge < -0.3 is 19.5 Å². The number of benzene rings is 2. The summed E-state index contributed by atoms with van der Waals surface area (Å²) in [5, 5.41) is 2.84. The molecule has 1 aliphatic rings. The number of halogens is 1. The van der Waals surface area contributed by atoms with Crippen molar-refractivity contribution >= 4 is 11.7 Å². The second-order valence-electron chi connectivity index (χ2n) is 7.94. The lowest BCUT2D eigenvalue weighted by molar-refractivity contribution is 0.204. The van der Waals surface area contributed by atoms with E-state index in [9.17, 15) is 9.18 Å². The number of hydrogen-bond donors (Lipinski definition) is 1. The van der Waals surface area contributed by atoms with Crippen LogP contribution in [0.3, 0.4) is 0 Å². The van der Waals surface area contributed by atoms with E-state index in [0.717, 1.165) is 35.7 Å². The van der Waals surface area contributed by atoms with Gasteiger partial charge in [0.25, 0.3) is 0 Å². The van der Waals surface area contributed by atoms with Gasteiger partial charge in [-0.25, -0.2) is 14.2 Å². The summed E-state index contributed by atoms with van der Waals surface area (Å²) < 4.78 is 21.3. The smallest absolute Gasteiger partial charge is 0.322 e. The summed E-state index contributed by atoms with van der Waals surface area (Å²) in [7, 11) is 1.65. The third-order valence-corrected chi connectivity index (χ3v) is 5.82. The maximum absolute atomic E-state index is 13.9. The van der Waals surface area contributed by atoms with Crippen LogP contribution in [-0.2, 0) is 6.54 Å². The summed E-state index contributed by atoms with van der Waals surface area (Å²) in [6, 6.07) is 12.3. The first kappa shape index (κ1) is 20.9. The number of carbonyl (C=O) groups excluding carboxylic acids is 1. The van der Waals surface area contributed by atoms with Crippen molar-refractivity contribution in [3.63, 3.8) is 0 Å². The first-order valence-corrected chi connectivity index (χ1v) is 10.4. The molecule has 1 aromatic heterocycles. The van der Waals surface area contributed by atoms with Gasteiger partial charge in [0.2, 0.25) is 0 Å². The lowest BCUT2D eigenvalue weighted by Gasteiger charge is -2.26. The van der Waals surface area contributed by atoms with Crippen molar-refractivity contribution in [2.24, 2.45) is 0 Å². The Morgan fingerprint density at radius 3 is 2.71 bits per heavy atom. The molecule has 2 heterocycles. The Morgan fingerprint density at radius 1 is 1.23 bits per heavy atom. The zero-order valence-electron chi connectivity index (χ0n) is 18.1. The maximum Gasteiger partial charge on any atom is 0.322 e. The fourth-order valence-electron chi connectivity index (χ4n) is 4.01. The summed E-state index contributed by atoms with van der Waals surface area (Å²) in [4.78, 5) is 19.4. The molecule has 1 saturated heterocycles. The molecule has 0 spiro atoms. The van der Waals surface area contributed by atoms with Crippen LogP contribution in [0.25, 0.3) is 0 Å². The maximum atomic E-state index is 13.9. The van der Waals surface area contributed by atoms with Crippen LogP contribution < -0.4 is 10.1 Å². The van der Waals surface area contributed by atoms with E-state index in [2.05, 4.69) is 14.9 Å². The molecule has 0 saturated carbocycles. The van der Waals surface area contributed by atoms with Crippen molar-refractivity contribution in [3.05, 3.63) is 77.1 Å². The van der Waals surface area contributed by atoms with Crippen LogP contribution in [0.1, 0.15) is 41.5 Å². The predicted octanol–water partition coefficient (Wildman–Crippen LogP) is 5.06. The van der Waals surface area contributed by atoms with Gasteiger partial charge in [-0.05, 0) is 62.1 Å².